The van der Waals surface area contributed by atoms with Crippen molar-refractivity contribution in [2.45, 2.75) is 19.8 Å². The number of hydrogen-bond donors (Lipinski definition) is 1. The standard InChI is InChI=1S/C11H18N2O2/c1-3-13(2)7-5-4-6-12-9-8-10(14)11(9)15/h8,12H,3-7H2,1-2H3. The number of unbranched alkanes of at least 4 members (excludes halogenated alkanes) is 1. The van der Waals surface area contributed by atoms with Crippen LogP contribution in [0.1, 0.15) is 19.8 Å². The van der Waals surface area contributed by atoms with Crippen molar-refractivity contribution in [3.63, 3.8) is 0 Å². The molecule has 0 aliphatic rings. The van der Waals surface area contributed by atoms with Gasteiger partial charge in [-0.3, -0.25) is 9.59 Å². The van der Waals surface area contributed by atoms with Crippen LogP contribution in [0.2, 0.25) is 0 Å². The topological polar surface area (TPSA) is 49.4 Å². The molecule has 84 valence electrons. The van der Waals surface area contributed by atoms with Crippen molar-refractivity contribution in [3.05, 3.63) is 26.5 Å². The van der Waals surface area contributed by atoms with Crippen molar-refractivity contribution < 1.29 is 0 Å². The Morgan fingerprint density at radius 1 is 1.33 bits per heavy atom. The quantitative estimate of drug-likeness (QED) is 0.523. The molecule has 0 aromatic heterocycles. The van der Waals surface area contributed by atoms with E-state index in [0.717, 1.165) is 32.5 Å². The first-order valence-corrected chi connectivity index (χ1v) is 5.38. The molecule has 0 fully saturated rings. The molecule has 4 nitrogen and oxygen atoms in total. The third-order valence-corrected chi connectivity index (χ3v) is 2.57. The largest absolute Gasteiger partial charge is 0.382 e. The number of hydrogen-bond acceptors (Lipinski definition) is 4. The molecule has 1 rings (SSSR count). The highest BCUT2D eigenvalue weighted by Crippen LogP contribution is 1.97. The second-order valence-electron chi connectivity index (χ2n) is 3.78. The van der Waals surface area contributed by atoms with Gasteiger partial charge in [0.1, 0.15) is 0 Å². The van der Waals surface area contributed by atoms with E-state index >= 15 is 0 Å². The number of nitrogens with one attached hydrogen (secondary N) is 1. The van der Waals surface area contributed by atoms with Gasteiger partial charge in [0.05, 0.1) is 5.69 Å². The van der Waals surface area contributed by atoms with Gasteiger partial charge < -0.3 is 10.2 Å². The number of anilines is 1. The van der Waals surface area contributed by atoms with Crippen molar-refractivity contribution in [3.8, 4) is 0 Å². The fourth-order valence-corrected chi connectivity index (χ4v) is 1.34. The summed E-state index contributed by atoms with van der Waals surface area (Å²) >= 11 is 0. The van der Waals surface area contributed by atoms with E-state index in [4.69, 9.17) is 0 Å². The van der Waals surface area contributed by atoms with E-state index in [0.29, 0.717) is 5.69 Å². The van der Waals surface area contributed by atoms with E-state index in [2.05, 4.69) is 24.2 Å². The highest BCUT2D eigenvalue weighted by molar-refractivity contribution is 5.46. The summed E-state index contributed by atoms with van der Waals surface area (Å²) in [5.41, 5.74) is -0.285. The molecule has 0 saturated carbocycles. The Balaban J connectivity index is 2.06. The summed E-state index contributed by atoms with van der Waals surface area (Å²) < 4.78 is 0. The second-order valence-corrected chi connectivity index (χ2v) is 3.78. The van der Waals surface area contributed by atoms with Crippen molar-refractivity contribution >= 4 is 5.69 Å². The molecule has 0 unspecified atom stereocenters. The van der Waals surface area contributed by atoms with Gasteiger partial charge in [-0.25, -0.2) is 0 Å². The Morgan fingerprint density at radius 2 is 2.07 bits per heavy atom. The average Bonchev–Trinajstić information content (AvgIpc) is 2.26. The summed E-state index contributed by atoms with van der Waals surface area (Å²) in [6.07, 6.45) is 2.12. The van der Waals surface area contributed by atoms with E-state index in [1.165, 1.54) is 6.07 Å². The second kappa shape index (κ2) is 5.66. The lowest BCUT2D eigenvalue weighted by molar-refractivity contribution is 0.345. The van der Waals surface area contributed by atoms with Gasteiger partial charge in [0.15, 0.2) is 0 Å². The Kier molecular flexibility index (Phi) is 4.49. The summed E-state index contributed by atoms with van der Waals surface area (Å²) in [5, 5.41) is 2.96. The van der Waals surface area contributed by atoms with Crippen molar-refractivity contribution in [2.75, 3.05) is 32.0 Å². The molecule has 4 heteroatoms. The predicted octanol–water partition coefficient (Wildman–Crippen LogP) is 0.426. The van der Waals surface area contributed by atoms with Crippen molar-refractivity contribution in [2.24, 2.45) is 0 Å². The molecule has 0 atom stereocenters. The van der Waals surface area contributed by atoms with Crippen LogP contribution >= 0.6 is 0 Å². The fraction of sp³-hybridized carbons (Fsp3) is 0.636. The zero-order valence-corrected chi connectivity index (χ0v) is 9.38. The molecule has 0 spiro atoms. The zero-order chi connectivity index (χ0) is 11.3. The summed E-state index contributed by atoms with van der Waals surface area (Å²) in [6, 6.07) is 1.36. The van der Waals surface area contributed by atoms with Crippen LogP contribution in [-0.2, 0) is 0 Å². The molecule has 1 aromatic rings. The van der Waals surface area contributed by atoms with Crippen molar-refractivity contribution in [1.29, 1.82) is 0 Å². The molecule has 0 aliphatic heterocycles. The van der Waals surface area contributed by atoms with Crippen LogP contribution in [0.5, 0.6) is 0 Å². The first-order valence-electron chi connectivity index (χ1n) is 5.38. The molecule has 1 N–H and O–H groups in total. The maximum atomic E-state index is 10.9. The maximum Gasteiger partial charge on any atom is 0.248 e. The average molecular weight is 210 g/mol. The van der Waals surface area contributed by atoms with Crippen LogP contribution in [0.15, 0.2) is 15.7 Å². The van der Waals surface area contributed by atoms with Gasteiger partial charge in [-0.05, 0) is 33.0 Å². The lowest BCUT2D eigenvalue weighted by Gasteiger charge is -2.13. The van der Waals surface area contributed by atoms with Gasteiger partial charge in [0, 0.05) is 12.6 Å². The molecule has 0 saturated heterocycles. The first kappa shape index (κ1) is 11.9. The number of rotatable bonds is 7. The molecule has 0 bridgehead atoms. The third-order valence-electron chi connectivity index (χ3n) is 2.57. The van der Waals surface area contributed by atoms with Gasteiger partial charge in [0.2, 0.25) is 10.9 Å². The predicted molar refractivity (Wildman–Crippen MR) is 62.2 cm³/mol. The molecule has 1 aromatic carbocycles. The zero-order valence-electron chi connectivity index (χ0n) is 9.38. The van der Waals surface area contributed by atoms with E-state index in [1.54, 1.807) is 0 Å². The van der Waals surface area contributed by atoms with Crippen LogP contribution in [0.4, 0.5) is 5.69 Å². The molecular formula is C11H18N2O2. The molecular weight excluding hydrogens is 192 g/mol. The van der Waals surface area contributed by atoms with Gasteiger partial charge in [-0.2, -0.15) is 0 Å². The van der Waals surface area contributed by atoms with E-state index < -0.39 is 0 Å². The third kappa shape index (κ3) is 3.47. The Bertz CT molecular complexity index is 366. The molecule has 0 heterocycles. The SMILES string of the molecule is CCN(C)CCCCNc1cc(=O)c1=O. The molecule has 0 amide bonds. The van der Waals surface area contributed by atoms with Crippen LogP contribution < -0.4 is 16.2 Å². The van der Waals surface area contributed by atoms with Crippen LogP contribution in [0, 0.1) is 0 Å². The minimum Gasteiger partial charge on any atom is -0.382 e. The van der Waals surface area contributed by atoms with Crippen LogP contribution in [0.3, 0.4) is 0 Å². The Hall–Kier alpha value is -1.16. The van der Waals surface area contributed by atoms with Crippen LogP contribution in [0.25, 0.3) is 0 Å². The maximum absolute atomic E-state index is 10.9. The normalized spacial score (nSPS) is 11.1. The summed E-state index contributed by atoms with van der Waals surface area (Å²) in [7, 11) is 2.09. The van der Waals surface area contributed by atoms with Crippen LogP contribution in [-0.4, -0.2) is 31.6 Å². The van der Waals surface area contributed by atoms with E-state index in [-0.39, 0.29) is 10.9 Å². The van der Waals surface area contributed by atoms with Crippen molar-refractivity contribution in [1.82, 2.24) is 4.90 Å². The summed E-state index contributed by atoms with van der Waals surface area (Å²) in [6.45, 7) is 5.03. The molecule has 0 radical (unpaired) electrons. The summed E-state index contributed by atoms with van der Waals surface area (Å²) in [4.78, 5) is 23.7. The van der Waals surface area contributed by atoms with E-state index in [9.17, 15) is 9.59 Å². The molecule has 15 heavy (non-hydrogen) atoms. The molecule has 0 aliphatic carbocycles. The first-order chi connectivity index (χ1) is 7.15. The number of nitrogens with zero attached hydrogens (tertiary/aromatic N) is 1. The highest BCUT2D eigenvalue weighted by Gasteiger charge is 2.07. The van der Waals surface area contributed by atoms with Gasteiger partial charge in [-0.15, -0.1) is 0 Å². The van der Waals surface area contributed by atoms with E-state index in [1.807, 2.05) is 0 Å². The smallest absolute Gasteiger partial charge is 0.248 e. The van der Waals surface area contributed by atoms with Gasteiger partial charge in [-0.1, -0.05) is 6.92 Å². The lowest BCUT2D eigenvalue weighted by Crippen LogP contribution is -2.32. The van der Waals surface area contributed by atoms with Gasteiger partial charge in [0.25, 0.3) is 0 Å². The fourth-order valence-electron chi connectivity index (χ4n) is 1.34. The van der Waals surface area contributed by atoms with Gasteiger partial charge >= 0.3 is 0 Å². The lowest BCUT2D eigenvalue weighted by atomic mass is 10.2. The minimum absolute atomic E-state index is 0.374. The Labute approximate surface area is 89.6 Å². The monoisotopic (exact) mass is 210 g/mol. The Morgan fingerprint density at radius 3 is 2.60 bits per heavy atom. The minimum atomic E-state index is -0.386. The highest BCUT2D eigenvalue weighted by atomic mass is 16.2. The summed E-state index contributed by atoms with van der Waals surface area (Å²) in [5.74, 6) is 0.